The van der Waals surface area contributed by atoms with E-state index in [4.69, 9.17) is 4.74 Å². The highest BCUT2D eigenvalue weighted by Crippen LogP contribution is 2.27. The van der Waals surface area contributed by atoms with E-state index in [0.717, 1.165) is 5.56 Å². The molecule has 8 nitrogen and oxygen atoms in total. The molecule has 3 heterocycles. The third kappa shape index (κ3) is 3.97. The van der Waals surface area contributed by atoms with Crippen LogP contribution in [0.1, 0.15) is 41.3 Å². The van der Waals surface area contributed by atoms with E-state index in [0.29, 0.717) is 18.4 Å². The molecule has 1 fully saturated rings. The molecule has 0 spiro atoms. The zero-order chi connectivity index (χ0) is 22.0. The predicted molar refractivity (Wildman–Crippen MR) is 109 cm³/mol. The summed E-state index contributed by atoms with van der Waals surface area (Å²) in [6.45, 7) is 3.99. The van der Waals surface area contributed by atoms with Gasteiger partial charge in [0.05, 0.1) is 18.9 Å². The second-order valence-electron chi connectivity index (χ2n) is 7.50. The predicted octanol–water partition coefficient (Wildman–Crippen LogP) is 3.05. The van der Waals surface area contributed by atoms with E-state index in [1.54, 1.807) is 23.2 Å². The number of carbonyl (C=O) groups is 1. The lowest BCUT2D eigenvalue weighted by molar-refractivity contribution is 0.0368. The number of hydrogen-bond donors (Lipinski definition) is 0. The molecule has 1 aromatic carbocycles. The molecule has 4 rings (SSSR count). The molecule has 0 radical (unpaired) electrons. The van der Waals surface area contributed by atoms with Crippen LogP contribution < -0.4 is 4.74 Å². The topological polar surface area (TPSA) is 96.9 Å². The summed E-state index contributed by atoms with van der Waals surface area (Å²) in [5, 5.41) is 17.5. The Hall–Kier alpha value is -3.80. The first-order valence-corrected chi connectivity index (χ1v) is 9.98. The van der Waals surface area contributed by atoms with Gasteiger partial charge in [-0.15, -0.1) is 0 Å². The molecule has 0 bridgehead atoms. The number of amides is 1. The Morgan fingerprint density at radius 1 is 1.23 bits per heavy atom. The standard InChI is InChI=1S/C22H21FN6O2/c1-14-8-9-25-21(17(14)12-24)31-16-7-6-15(2)28(13-16)22(30)20-18(23)4-3-5-19(20)29-26-10-11-27-29/h3-5,8-11,15-16H,6-7,13H2,1-2H3/t15-,16-/m1/s1. The maximum Gasteiger partial charge on any atom is 0.259 e. The molecule has 158 valence electrons. The summed E-state index contributed by atoms with van der Waals surface area (Å²) in [7, 11) is 0. The molecule has 9 heteroatoms. The number of carbonyl (C=O) groups excluding carboxylic acids is 1. The van der Waals surface area contributed by atoms with Crippen molar-refractivity contribution in [3.05, 3.63) is 65.4 Å². The van der Waals surface area contributed by atoms with Crippen molar-refractivity contribution < 1.29 is 13.9 Å². The van der Waals surface area contributed by atoms with Crippen LogP contribution in [0, 0.1) is 24.1 Å². The summed E-state index contributed by atoms with van der Waals surface area (Å²) >= 11 is 0. The van der Waals surface area contributed by atoms with E-state index in [-0.39, 0.29) is 35.8 Å². The quantitative estimate of drug-likeness (QED) is 0.644. The number of hydrogen-bond acceptors (Lipinski definition) is 6. The molecular weight excluding hydrogens is 399 g/mol. The molecule has 1 amide bonds. The average molecular weight is 420 g/mol. The van der Waals surface area contributed by atoms with Crippen LogP contribution in [0.4, 0.5) is 4.39 Å². The Kier molecular flexibility index (Phi) is 5.62. The number of nitrogens with zero attached hydrogens (tertiary/aromatic N) is 6. The number of benzene rings is 1. The number of rotatable bonds is 4. The van der Waals surface area contributed by atoms with Gasteiger partial charge in [-0.2, -0.15) is 20.3 Å². The summed E-state index contributed by atoms with van der Waals surface area (Å²) in [5.41, 5.74) is 1.34. The fraction of sp³-hybridized carbons (Fsp3) is 0.318. The molecule has 0 saturated carbocycles. The Morgan fingerprint density at radius 2 is 2.00 bits per heavy atom. The third-order valence-corrected chi connectivity index (χ3v) is 5.45. The molecule has 1 aliphatic heterocycles. The lowest BCUT2D eigenvalue weighted by Gasteiger charge is -2.38. The van der Waals surface area contributed by atoms with Crippen molar-refractivity contribution in [2.24, 2.45) is 0 Å². The second kappa shape index (κ2) is 8.52. The van der Waals surface area contributed by atoms with Gasteiger partial charge in [0.1, 0.15) is 34.8 Å². The van der Waals surface area contributed by atoms with Crippen LogP contribution >= 0.6 is 0 Å². The van der Waals surface area contributed by atoms with Crippen molar-refractivity contribution in [2.75, 3.05) is 6.54 Å². The Balaban J connectivity index is 1.61. The van der Waals surface area contributed by atoms with Gasteiger partial charge in [0.15, 0.2) is 0 Å². The lowest BCUT2D eigenvalue weighted by Crippen LogP contribution is -2.49. The summed E-state index contributed by atoms with van der Waals surface area (Å²) in [5.74, 6) is -0.840. The van der Waals surface area contributed by atoms with E-state index in [1.807, 2.05) is 13.8 Å². The number of pyridine rings is 1. The Bertz CT molecular complexity index is 1140. The molecule has 0 N–H and O–H groups in total. The number of piperidine rings is 1. The van der Waals surface area contributed by atoms with Gasteiger partial charge in [0, 0.05) is 12.2 Å². The van der Waals surface area contributed by atoms with Crippen LogP contribution in [0.5, 0.6) is 5.88 Å². The van der Waals surface area contributed by atoms with Gasteiger partial charge in [-0.25, -0.2) is 9.37 Å². The zero-order valence-corrected chi connectivity index (χ0v) is 17.2. The van der Waals surface area contributed by atoms with Crippen molar-refractivity contribution in [1.82, 2.24) is 24.9 Å². The molecule has 0 aliphatic carbocycles. The van der Waals surface area contributed by atoms with Gasteiger partial charge in [-0.3, -0.25) is 4.79 Å². The van der Waals surface area contributed by atoms with Crippen LogP contribution in [0.15, 0.2) is 42.9 Å². The van der Waals surface area contributed by atoms with E-state index in [1.165, 1.54) is 29.3 Å². The number of halogens is 1. The molecule has 2 atom stereocenters. The average Bonchev–Trinajstić information content (AvgIpc) is 3.29. The summed E-state index contributed by atoms with van der Waals surface area (Å²) in [6, 6.07) is 8.13. The minimum absolute atomic E-state index is 0.0856. The summed E-state index contributed by atoms with van der Waals surface area (Å²) in [4.78, 5) is 20.4. The second-order valence-corrected chi connectivity index (χ2v) is 7.50. The van der Waals surface area contributed by atoms with Crippen molar-refractivity contribution in [1.29, 1.82) is 5.26 Å². The first-order valence-electron chi connectivity index (χ1n) is 9.98. The number of aromatic nitrogens is 4. The molecule has 2 aromatic heterocycles. The van der Waals surface area contributed by atoms with E-state index in [9.17, 15) is 14.4 Å². The van der Waals surface area contributed by atoms with Crippen molar-refractivity contribution >= 4 is 5.91 Å². The maximum absolute atomic E-state index is 14.8. The van der Waals surface area contributed by atoms with Gasteiger partial charge in [0.25, 0.3) is 5.91 Å². The molecule has 3 aromatic rings. The molecule has 1 aliphatic rings. The maximum atomic E-state index is 14.8. The highest BCUT2D eigenvalue weighted by atomic mass is 19.1. The van der Waals surface area contributed by atoms with E-state index >= 15 is 0 Å². The van der Waals surface area contributed by atoms with E-state index in [2.05, 4.69) is 21.3 Å². The van der Waals surface area contributed by atoms with Crippen LogP contribution in [-0.2, 0) is 0 Å². The van der Waals surface area contributed by atoms with Gasteiger partial charge in [-0.05, 0) is 50.5 Å². The third-order valence-electron chi connectivity index (χ3n) is 5.45. The smallest absolute Gasteiger partial charge is 0.259 e. The molecule has 31 heavy (non-hydrogen) atoms. The largest absolute Gasteiger partial charge is 0.472 e. The monoisotopic (exact) mass is 420 g/mol. The van der Waals surface area contributed by atoms with Crippen LogP contribution in [0.2, 0.25) is 0 Å². The van der Waals surface area contributed by atoms with Gasteiger partial charge in [-0.1, -0.05) is 6.07 Å². The normalized spacial score (nSPS) is 18.5. The highest BCUT2D eigenvalue weighted by Gasteiger charge is 2.34. The number of aryl methyl sites for hydroxylation is 1. The van der Waals surface area contributed by atoms with E-state index < -0.39 is 11.7 Å². The Morgan fingerprint density at radius 3 is 2.74 bits per heavy atom. The first-order chi connectivity index (χ1) is 15.0. The molecular formula is C22H21FN6O2. The summed E-state index contributed by atoms with van der Waals surface area (Å²) in [6.07, 6.45) is 5.52. The SMILES string of the molecule is Cc1ccnc(O[C@@H]2CC[C@@H](C)N(C(=O)c3c(F)cccc3-n3nccn3)C2)c1C#N. The zero-order valence-electron chi connectivity index (χ0n) is 17.2. The van der Waals surface area contributed by atoms with Gasteiger partial charge >= 0.3 is 0 Å². The number of ether oxygens (including phenoxy) is 1. The van der Waals surface area contributed by atoms with Crippen LogP contribution in [0.25, 0.3) is 5.69 Å². The summed E-state index contributed by atoms with van der Waals surface area (Å²) < 4.78 is 20.8. The van der Waals surface area contributed by atoms with Crippen molar-refractivity contribution in [3.63, 3.8) is 0 Å². The first kappa shape index (κ1) is 20.5. The lowest BCUT2D eigenvalue weighted by atomic mass is 9.99. The fourth-order valence-electron chi connectivity index (χ4n) is 3.74. The number of likely N-dealkylation sites (tertiary alicyclic amines) is 1. The minimum atomic E-state index is -0.637. The van der Waals surface area contributed by atoms with Crippen molar-refractivity contribution in [2.45, 2.75) is 38.8 Å². The van der Waals surface area contributed by atoms with Gasteiger partial charge in [0.2, 0.25) is 5.88 Å². The minimum Gasteiger partial charge on any atom is -0.472 e. The fourth-order valence-corrected chi connectivity index (χ4v) is 3.74. The van der Waals surface area contributed by atoms with Crippen molar-refractivity contribution in [3.8, 4) is 17.6 Å². The van der Waals surface area contributed by atoms with Crippen LogP contribution in [0.3, 0.4) is 0 Å². The van der Waals surface area contributed by atoms with Crippen LogP contribution in [-0.4, -0.2) is 49.5 Å². The highest BCUT2D eigenvalue weighted by molar-refractivity contribution is 5.98. The van der Waals surface area contributed by atoms with Gasteiger partial charge < -0.3 is 9.64 Å². The molecule has 0 unspecified atom stereocenters. The molecule has 1 saturated heterocycles. The Labute approximate surface area is 178 Å². The number of nitriles is 1.